The van der Waals surface area contributed by atoms with E-state index in [1.807, 2.05) is 0 Å². The van der Waals surface area contributed by atoms with Crippen molar-refractivity contribution in [2.24, 2.45) is 0 Å². The van der Waals surface area contributed by atoms with E-state index < -0.39 is 35.8 Å². The molecule has 0 aliphatic rings. The van der Waals surface area contributed by atoms with E-state index in [-0.39, 0.29) is 17.4 Å². The van der Waals surface area contributed by atoms with Crippen LogP contribution in [0, 0.1) is 0 Å². The first-order chi connectivity index (χ1) is 7.93. The average Bonchev–Trinajstić information content (AvgIpc) is 2.18. The Kier molecular flexibility index (Phi) is 17.8. The van der Waals surface area contributed by atoms with E-state index in [4.69, 9.17) is 59.4 Å². The van der Waals surface area contributed by atoms with Gasteiger partial charge in [0.25, 0.3) is 0 Å². The predicted molar refractivity (Wildman–Crippen MR) is 30.0 cm³/mol. The molecule has 0 aliphatic heterocycles. The Morgan fingerprint density at radius 1 is 0.368 bits per heavy atom. The minimum absolute atomic E-state index is 0. The molecule has 0 aromatic heterocycles. The summed E-state index contributed by atoms with van der Waals surface area (Å²) >= 11 is 0. The SMILES string of the molecule is O=C([O-])C(=O)[O-].O=C([O-])C(=O)[O-].O=C([O-])C(=O)[O-].[Cr+6]. The molecule has 0 aromatic carbocycles. The zero-order valence-electron chi connectivity index (χ0n) is 8.31. The van der Waals surface area contributed by atoms with Gasteiger partial charge in [-0.15, -0.1) is 0 Å². The summed E-state index contributed by atoms with van der Waals surface area (Å²) in [5, 5.41) is 53.6. The smallest absolute Gasteiger partial charge is 0.543 e. The van der Waals surface area contributed by atoms with Crippen molar-refractivity contribution in [3.63, 3.8) is 0 Å². The molecule has 0 saturated carbocycles. The Bertz CT molecular complexity index is 277. The van der Waals surface area contributed by atoms with Crippen LogP contribution in [0.1, 0.15) is 0 Å². The van der Waals surface area contributed by atoms with Crippen molar-refractivity contribution in [1.29, 1.82) is 0 Å². The maximum atomic E-state index is 8.93. The first-order valence-electron chi connectivity index (χ1n) is 3.20. The number of hydrogen-bond donors (Lipinski definition) is 0. The van der Waals surface area contributed by atoms with Crippen molar-refractivity contribution < 1.29 is 76.8 Å². The van der Waals surface area contributed by atoms with Crippen LogP contribution in [0.4, 0.5) is 0 Å². The molecule has 0 bridgehead atoms. The summed E-state index contributed by atoms with van der Waals surface area (Å²) in [6.07, 6.45) is 0. The van der Waals surface area contributed by atoms with Gasteiger partial charge in [0.05, 0.1) is 35.8 Å². The van der Waals surface area contributed by atoms with Crippen molar-refractivity contribution in [2.45, 2.75) is 0 Å². The van der Waals surface area contributed by atoms with Crippen LogP contribution in [-0.4, -0.2) is 35.8 Å². The van der Waals surface area contributed by atoms with E-state index in [1.165, 1.54) is 0 Å². The van der Waals surface area contributed by atoms with Gasteiger partial charge < -0.3 is 59.4 Å². The second-order valence-electron chi connectivity index (χ2n) is 1.72. The van der Waals surface area contributed by atoms with Gasteiger partial charge in [-0.2, -0.15) is 0 Å². The average molecular weight is 316 g/mol. The van der Waals surface area contributed by atoms with Crippen molar-refractivity contribution in [2.75, 3.05) is 0 Å². The van der Waals surface area contributed by atoms with E-state index in [0.717, 1.165) is 0 Å². The van der Waals surface area contributed by atoms with E-state index in [9.17, 15) is 0 Å². The number of carbonyl (C=O) groups is 6. The molecule has 0 N–H and O–H groups in total. The second kappa shape index (κ2) is 13.4. The Morgan fingerprint density at radius 2 is 0.421 bits per heavy atom. The minimum Gasteiger partial charge on any atom is -0.543 e. The third-order valence-corrected chi connectivity index (χ3v) is 0.500. The Labute approximate surface area is 113 Å². The van der Waals surface area contributed by atoms with Crippen molar-refractivity contribution in [3.05, 3.63) is 0 Å². The molecule has 0 rings (SSSR count). The van der Waals surface area contributed by atoms with Gasteiger partial charge in [0.1, 0.15) is 0 Å². The fraction of sp³-hybridized carbons (Fsp3) is 0. The monoisotopic (exact) mass is 316 g/mol. The Morgan fingerprint density at radius 3 is 0.421 bits per heavy atom. The third-order valence-electron chi connectivity index (χ3n) is 0.500. The molecule has 0 spiro atoms. The van der Waals surface area contributed by atoms with Gasteiger partial charge in [0.2, 0.25) is 0 Å². The first-order valence-corrected chi connectivity index (χ1v) is 3.20. The predicted octanol–water partition coefficient (Wildman–Crippen LogP) is -10.5. The maximum absolute atomic E-state index is 8.93. The van der Waals surface area contributed by atoms with E-state index in [2.05, 4.69) is 0 Å². The number of aliphatic carboxylic acids is 6. The fourth-order valence-corrected chi connectivity index (χ4v) is 0. The van der Waals surface area contributed by atoms with Crippen LogP contribution in [0.15, 0.2) is 0 Å². The molecule has 0 aromatic rings. The van der Waals surface area contributed by atoms with Crippen LogP contribution in [0.25, 0.3) is 0 Å². The number of rotatable bonds is 0. The molecule has 0 radical (unpaired) electrons. The normalized spacial score (nSPS) is 6.95. The molecule has 0 fully saturated rings. The van der Waals surface area contributed by atoms with Gasteiger partial charge >= 0.3 is 17.4 Å². The molecule has 0 heterocycles. The van der Waals surface area contributed by atoms with Crippen LogP contribution in [0.3, 0.4) is 0 Å². The van der Waals surface area contributed by atoms with E-state index in [1.54, 1.807) is 0 Å². The summed E-state index contributed by atoms with van der Waals surface area (Å²) in [5.74, 6) is -13.1. The Balaban J connectivity index is -0.0000000865. The van der Waals surface area contributed by atoms with Crippen LogP contribution in [0.5, 0.6) is 0 Å². The molecular formula is C6CrO12. The Hall–Kier alpha value is -2.65. The fourth-order valence-electron chi connectivity index (χ4n) is 0. The summed E-state index contributed by atoms with van der Waals surface area (Å²) in [6.45, 7) is 0. The molecule has 13 heteroatoms. The number of carboxylic acid groups (broad SMARTS) is 6. The number of carboxylic acids is 6. The molecule has 0 aliphatic carbocycles. The molecule has 12 nitrogen and oxygen atoms in total. The van der Waals surface area contributed by atoms with E-state index in [0.29, 0.717) is 0 Å². The summed E-state index contributed by atoms with van der Waals surface area (Å²) in [7, 11) is 0. The van der Waals surface area contributed by atoms with Crippen LogP contribution < -0.4 is 30.6 Å². The third kappa shape index (κ3) is 31.3. The van der Waals surface area contributed by atoms with Gasteiger partial charge in [0.15, 0.2) is 0 Å². The molecule has 19 heavy (non-hydrogen) atoms. The van der Waals surface area contributed by atoms with E-state index >= 15 is 0 Å². The van der Waals surface area contributed by atoms with Crippen molar-refractivity contribution in [3.8, 4) is 0 Å². The van der Waals surface area contributed by atoms with Crippen molar-refractivity contribution >= 4 is 35.8 Å². The molecule has 0 atom stereocenters. The summed E-state index contributed by atoms with van der Waals surface area (Å²) in [4.78, 5) is 53.6. The number of hydrogen-bond acceptors (Lipinski definition) is 12. The van der Waals surface area contributed by atoms with Gasteiger partial charge in [-0.1, -0.05) is 0 Å². The first kappa shape index (κ1) is 25.3. The summed E-state index contributed by atoms with van der Waals surface area (Å²) < 4.78 is 0. The molecule has 0 unspecified atom stereocenters. The quantitative estimate of drug-likeness (QED) is 0.378. The number of carbonyl (C=O) groups excluding carboxylic acids is 6. The maximum Gasteiger partial charge on any atom is 6.00 e. The summed E-state index contributed by atoms with van der Waals surface area (Å²) in [5.41, 5.74) is 0. The zero-order valence-corrected chi connectivity index (χ0v) is 9.58. The van der Waals surface area contributed by atoms with Crippen LogP contribution in [0.2, 0.25) is 0 Å². The van der Waals surface area contributed by atoms with Gasteiger partial charge in [-0.3, -0.25) is 0 Å². The van der Waals surface area contributed by atoms with Gasteiger partial charge in [-0.05, 0) is 0 Å². The van der Waals surface area contributed by atoms with Crippen molar-refractivity contribution in [1.82, 2.24) is 0 Å². The zero-order chi connectivity index (χ0) is 15.5. The summed E-state index contributed by atoms with van der Waals surface area (Å²) in [6, 6.07) is 0. The molecule has 102 valence electrons. The van der Waals surface area contributed by atoms with Crippen LogP contribution >= 0.6 is 0 Å². The standard InChI is InChI=1S/3C2H2O4.Cr/c3*3-1(4)2(5)6;/h3*(H,3,4)(H,5,6);/q;;;+6/p-6. The second-order valence-corrected chi connectivity index (χ2v) is 1.72. The molecule has 0 saturated heterocycles. The molecular weight excluding hydrogens is 316 g/mol. The van der Waals surface area contributed by atoms with Crippen LogP contribution in [-0.2, 0) is 46.1 Å². The largest absolute Gasteiger partial charge is 6.00 e. The van der Waals surface area contributed by atoms with Gasteiger partial charge in [-0.25, -0.2) is 0 Å². The minimum atomic E-state index is -2.19. The topological polar surface area (TPSA) is 241 Å². The van der Waals surface area contributed by atoms with Gasteiger partial charge in [0, 0.05) is 0 Å². The molecule has 0 amide bonds.